The van der Waals surface area contributed by atoms with Crippen molar-refractivity contribution in [3.05, 3.63) is 71.6 Å². The van der Waals surface area contributed by atoms with Crippen molar-refractivity contribution in [2.24, 2.45) is 0 Å². The molecule has 0 heterocycles. The van der Waals surface area contributed by atoms with Crippen LogP contribution in [0.25, 0.3) is 0 Å². The summed E-state index contributed by atoms with van der Waals surface area (Å²) in [5.74, 6) is -2.45. The Morgan fingerprint density at radius 1 is 1.15 bits per heavy atom. The van der Waals surface area contributed by atoms with Crippen LogP contribution in [0.1, 0.15) is 11.1 Å². The summed E-state index contributed by atoms with van der Waals surface area (Å²) >= 11 is 0. The topological polar surface area (TPSA) is 76.1 Å². The summed E-state index contributed by atoms with van der Waals surface area (Å²) in [6.07, 6.45) is 1.37. The third kappa shape index (κ3) is 5.07. The number of anilines is 1. The molecule has 0 fully saturated rings. The van der Waals surface area contributed by atoms with E-state index >= 15 is 0 Å². The maximum atomic E-state index is 14.6. The molecular weight excluding hydrogens is 341 g/mol. The summed E-state index contributed by atoms with van der Waals surface area (Å²) in [5, 5.41) is 9.40. The molecule has 0 saturated carbocycles. The third-order valence-electron chi connectivity index (χ3n) is 3.48. The Kier molecular flexibility index (Phi) is 6.32. The summed E-state index contributed by atoms with van der Waals surface area (Å²) in [5.41, 5.74) is 1.24. The Bertz CT molecular complexity index is 820. The first kappa shape index (κ1) is 19.0. The van der Waals surface area contributed by atoms with Crippen LogP contribution in [0, 0.1) is 12.7 Å². The van der Waals surface area contributed by atoms with Crippen molar-refractivity contribution in [2.45, 2.75) is 13.5 Å². The van der Waals surface area contributed by atoms with Gasteiger partial charge in [0, 0.05) is 24.8 Å². The monoisotopic (exact) mass is 359 g/mol. The van der Waals surface area contributed by atoms with E-state index in [1.165, 1.54) is 13.1 Å². The van der Waals surface area contributed by atoms with Crippen molar-refractivity contribution in [3.63, 3.8) is 0 Å². The first-order valence-electron chi connectivity index (χ1n) is 7.71. The molecule has 0 amide bonds. The number of carbonyl (C=O) groups excluding carboxylic acids is 1. The number of benzene rings is 2. The molecule has 0 unspecified atom stereocenters. The molecular formula is C19H18FNO5. The van der Waals surface area contributed by atoms with Gasteiger partial charge < -0.3 is 14.7 Å². The summed E-state index contributed by atoms with van der Waals surface area (Å²) < 4.78 is 20.2. The highest BCUT2D eigenvalue weighted by Gasteiger charge is 2.16. The number of hydrogen-bond donors (Lipinski definition) is 1. The number of carboxylic acids is 1. The van der Waals surface area contributed by atoms with Crippen molar-refractivity contribution < 1.29 is 28.7 Å². The van der Waals surface area contributed by atoms with E-state index in [9.17, 15) is 14.0 Å². The molecule has 0 aliphatic carbocycles. The summed E-state index contributed by atoms with van der Waals surface area (Å²) in [7, 11) is 1.34. The van der Waals surface area contributed by atoms with Gasteiger partial charge in [0.1, 0.15) is 18.0 Å². The van der Waals surface area contributed by atoms with Crippen molar-refractivity contribution >= 4 is 17.6 Å². The number of aliphatic carboxylic acids is 1. The summed E-state index contributed by atoms with van der Waals surface area (Å²) in [4.78, 5) is 26.7. The Hall–Kier alpha value is -3.35. The van der Waals surface area contributed by atoms with Crippen LogP contribution in [0.3, 0.4) is 0 Å². The van der Waals surface area contributed by atoms with E-state index in [4.69, 9.17) is 14.7 Å². The number of rotatable bonds is 7. The fourth-order valence-electron chi connectivity index (χ4n) is 2.14. The molecule has 0 aliphatic heterocycles. The van der Waals surface area contributed by atoms with Crippen molar-refractivity contribution in [2.75, 3.05) is 12.1 Å². The molecule has 0 bridgehead atoms. The van der Waals surface area contributed by atoms with Gasteiger partial charge in [0.2, 0.25) is 0 Å². The van der Waals surface area contributed by atoms with Crippen LogP contribution in [0.5, 0.6) is 5.75 Å². The molecule has 1 N–H and O–H groups in total. The Labute approximate surface area is 150 Å². The third-order valence-corrected chi connectivity index (χ3v) is 3.48. The highest BCUT2D eigenvalue weighted by molar-refractivity contribution is 5.91. The summed E-state index contributed by atoms with van der Waals surface area (Å²) in [6.45, 7) is 1.85. The van der Waals surface area contributed by atoms with Crippen LogP contribution in [-0.4, -0.2) is 24.1 Å². The highest BCUT2D eigenvalue weighted by Crippen LogP contribution is 2.29. The number of nitrogens with zero attached hydrogens (tertiary/aromatic N) is 1. The Balaban J connectivity index is 2.08. The van der Waals surface area contributed by atoms with Crippen molar-refractivity contribution in [3.8, 4) is 5.75 Å². The predicted octanol–water partition coefficient (Wildman–Crippen LogP) is 3.25. The first-order chi connectivity index (χ1) is 12.4. The maximum Gasteiger partial charge on any atom is 0.356 e. The quantitative estimate of drug-likeness (QED) is 0.604. The van der Waals surface area contributed by atoms with Gasteiger partial charge in [0.05, 0.1) is 0 Å². The zero-order valence-corrected chi connectivity index (χ0v) is 14.3. The average molecular weight is 359 g/mol. The molecule has 2 aromatic carbocycles. The lowest BCUT2D eigenvalue weighted by Gasteiger charge is -2.20. The predicted molar refractivity (Wildman–Crippen MR) is 93.2 cm³/mol. The van der Waals surface area contributed by atoms with E-state index in [-0.39, 0.29) is 11.3 Å². The Morgan fingerprint density at radius 2 is 1.85 bits per heavy atom. The largest absolute Gasteiger partial charge is 0.489 e. The lowest BCUT2D eigenvalue weighted by molar-refractivity contribution is -0.139. The van der Waals surface area contributed by atoms with E-state index in [0.717, 1.165) is 16.7 Å². The van der Waals surface area contributed by atoms with Gasteiger partial charge in [0.15, 0.2) is 5.82 Å². The van der Waals surface area contributed by atoms with Gasteiger partial charge in [-0.3, -0.25) is 0 Å². The number of carbonyl (C=O) groups is 2. The van der Waals surface area contributed by atoms with E-state index < -0.39 is 17.8 Å². The molecule has 2 rings (SSSR count). The minimum Gasteiger partial charge on any atom is -0.489 e. The van der Waals surface area contributed by atoms with E-state index in [0.29, 0.717) is 18.4 Å². The molecule has 136 valence electrons. The minimum atomic E-state index is -1.29. The molecule has 0 aromatic heterocycles. The molecule has 6 nitrogen and oxygen atoms in total. The van der Waals surface area contributed by atoms with Gasteiger partial charge >= 0.3 is 11.9 Å². The minimum absolute atomic E-state index is 0.0200. The van der Waals surface area contributed by atoms with Crippen LogP contribution in [0.15, 0.2) is 54.6 Å². The fourth-order valence-corrected chi connectivity index (χ4v) is 2.14. The van der Waals surface area contributed by atoms with E-state index in [1.807, 2.05) is 30.3 Å². The molecule has 0 spiro atoms. The van der Waals surface area contributed by atoms with Gasteiger partial charge in [-0.25, -0.2) is 19.0 Å². The van der Waals surface area contributed by atoms with Crippen LogP contribution in [0.2, 0.25) is 0 Å². The molecule has 26 heavy (non-hydrogen) atoms. The van der Waals surface area contributed by atoms with Crippen LogP contribution in [0.4, 0.5) is 10.1 Å². The Morgan fingerprint density at radius 3 is 2.50 bits per heavy atom. The molecule has 0 aliphatic rings. The summed E-state index contributed by atoms with van der Waals surface area (Å²) in [6, 6.07) is 12.5. The SMILES string of the molecule is Cc1c(OCc2ccccc2)ccc(N(C)OC(=O)/C=C\C(=O)O)c1F. The van der Waals surface area contributed by atoms with Crippen LogP contribution >= 0.6 is 0 Å². The van der Waals surface area contributed by atoms with Crippen molar-refractivity contribution in [1.82, 2.24) is 0 Å². The number of hydroxylamine groups is 1. The number of carboxylic acid groups (broad SMARTS) is 1. The first-order valence-corrected chi connectivity index (χ1v) is 7.71. The number of hydrogen-bond acceptors (Lipinski definition) is 5. The molecule has 0 saturated heterocycles. The van der Waals surface area contributed by atoms with Crippen molar-refractivity contribution in [1.29, 1.82) is 0 Å². The van der Waals surface area contributed by atoms with Crippen LogP contribution in [-0.2, 0) is 21.0 Å². The van der Waals surface area contributed by atoms with Gasteiger partial charge in [-0.1, -0.05) is 30.3 Å². The average Bonchev–Trinajstić information content (AvgIpc) is 2.62. The van der Waals surface area contributed by atoms with Crippen LogP contribution < -0.4 is 9.80 Å². The second-order valence-corrected chi connectivity index (χ2v) is 5.38. The lowest BCUT2D eigenvalue weighted by atomic mass is 10.1. The second kappa shape index (κ2) is 8.66. The smallest absolute Gasteiger partial charge is 0.356 e. The molecule has 2 aromatic rings. The zero-order valence-electron chi connectivity index (χ0n) is 14.3. The standard InChI is InChI=1S/C19H18FNO5/c1-13-16(25-12-14-6-4-3-5-7-14)9-8-15(19(13)20)21(2)26-18(24)11-10-17(22)23/h3-11H,12H2,1-2H3,(H,22,23)/b11-10-. The van der Waals surface area contributed by atoms with E-state index in [2.05, 4.69) is 0 Å². The van der Waals surface area contributed by atoms with Gasteiger partial charge in [-0.2, -0.15) is 0 Å². The molecule has 0 atom stereocenters. The zero-order chi connectivity index (χ0) is 19.1. The van der Waals surface area contributed by atoms with Gasteiger partial charge in [0.25, 0.3) is 0 Å². The number of halogens is 1. The number of ether oxygens (including phenoxy) is 1. The van der Waals surface area contributed by atoms with Gasteiger partial charge in [-0.15, -0.1) is 0 Å². The molecule has 7 heteroatoms. The van der Waals surface area contributed by atoms with E-state index in [1.54, 1.807) is 13.0 Å². The second-order valence-electron chi connectivity index (χ2n) is 5.38. The fraction of sp³-hybridized carbons (Fsp3) is 0.158. The van der Waals surface area contributed by atoms with Gasteiger partial charge in [-0.05, 0) is 24.6 Å². The lowest BCUT2D eigenvalue weighted by Crippen LogP contribution is -2.23. The highest BCUT2D eigenvalue weighted by atomic mass is 19.1. The normalized spacial score (nSPS) is 10.6. The maximum absolute atomic E-state index is 14.6. The molecule has 0 radical (unpaired) electrons.